The maximum absolute atomic E-state index is 6.09. The van der Waals surface area contributed by atoms with Crippen molar-refractivity contribution in [2.24, 2.45) is 11.7 Å². The highest BCUT2D eigenvalue weighted by atomic mass is 35.5. The highest BCUT2D eigenvalue weighted by molar-refractivity contribution is 6.31. The Balaban J connectivity index is 1.87. The van der Waals surface area contributed by atoms with Crippen molar-refractivity contribution in [3.05, 3.63) is 28.8 Å². The fourth-order valence-corrected chi connectivity index (χ4v) is 2.60. The second-order valence-corrected chi connectivity index (χ2v) is 5.18. The molecular weight excluding hydrogens is 234 g/mol. The summed E-state index contributed by atoms with van der Waals surface area (Å²) >= 11 is 6.09. The summed E-state index contributed by atoms with van der Waals surface area (Å²) < 4.78 is 5.80. The Labute approximate surface area is 108 Å². The molecule has 0 radical (unpaired) electrons. The lowest BCUT2D eigenvalue weighted by molar-refractivity contribution is 0.209. The zero-order valence-electron chi connectivity index (χ0n) is 10.1. The number of hydrogen-bond donors (Lipinski definition) is 1. The molecule has 1 aliphatic rings. The first-order chi connectivity index (χ1) is 8.29. The highest BCUT2D eigenvalue weighted by Crippen LogP contribution is 2.26. The molecule has 0 heterocycles. The quantitative estimate of drug-likeness (QED) is 0.887. The van der Waals surface area contributed by atoms with Crippen LogP contribution in [0.4, 0.5) is 0 Å². The molecule has 0 spiro atoms. The normalized spacial score (nSPS) is 17.1. The topological polar surface area (TPSA) is 35.2 Å². The molecule has 2 rings (SSSR count). The van der Waals surface area contributed by atoms with E-state index in [1.165, 1.54) is 32.1 Å². The van der Waals surface area contributed by atoms with E-state index >= 15 is 0 Å². The van der Waals surface area contributed by atoms with Crippen molar-refractivity contribution >= 4 is 11.6 Å². The SMILES string of the molecule is NCc1ccc(OCC2CCCCC2)cc1Cl. The second-order valence-electron chi connectivity index (χ2n) is 4.77. The minimum Gasteiger partial charge on any atom is -0.493 e. The Morgan fingerprint density at radius 3 is 2.65 bits per heavy atom. The number of benzene rings is 1. The Morgan fingerprint density at radius 1 is 1.24 bits per heavy atom. The van der Waals surface area contributed by atoms with Gasteiger partial charge >= 0.3 is 0 Å². The monoisotopic (exact) mass is 253 g/mol. The van der Waals surface area contributed by atoms with E-state index in [-0.39, 0.29) is 0 Å². The number of ether oxygens (including phenoxy) is 1. The lowest BCUT2D eigenvalue weighted by Gasteiger charge is -2.21. The molecule has 0 amide bonds. The van der Waals surface area contributed by atoms with Gasteiger partial charge in [0.25, 0.3) is 0 Å². The van der Waals surface area contributed by atoms with Crippen LogP contribution in [-0.2, 0) is 6.54 Å². The van der Waals surface area contributed by atoms with Gasteiger partial charge in [0.1, 0.15) is 5.75 Å². The Bertz CT molecular complexity index is 361. The second kappa shape index (κ2) is 6.27. The maximum atomic E-state index is 6.09. The minimum atomic E-state index is 0.474. The summed E-state index contributed by atoms with van der Waals surface area (Å²) in [5.41, 5.74) is 6.54. The van der Waals surface area contributed by atoms with E-state index < -0.39 is 0 Å². The molecule has 0 aliphatic heterocycles. The van der Waals surface area contributed by atoms with Crippen LogP contribution in [0.5, 0.6) is 5.75 Å². The van der Waals surface area contributed by atoms with Gasteiger partial charge in [0.2, 0.25) is 0 Å². The van der Waals surface area contributed by atoms with E-state index in [0.717, 1.165) is 23.8 Å². The standard InChI is InChI=1S/C14H20ClNO/c15-14-8-13(7-6-12(14)9-16)17-10-11-4-2-1-3-5-11/h6-8,11H,1-5,9-10,16H2. The average molecular weight is 254 g/mol. The molecule has 1 fully saturated rings. The van der Waals surface area contributed by atoms with Crippen molar-refractivity contribution in [1.29, 1.82) is 0 Å². The fourth-order valence-electron chi connectivity index (χ4n) is 2.35. The van der Waals surface area contributed by atoms with Crippen molar-refractivity contribution in [2.45, 2.75) is 38.6 Å². The summed E-state index contributed by atoms with van der Waals surface area (Å²) in [6, 6.07) is 5.77. The van der Waals surface area contributed by atoms with Crippen LogP contribution in [0.25, 0.3) is 0 Å². The third-order valence-electron chi connectivity index (χ3n) is 3.45. The summed E-state index contributed by atoms with van der Waals surface area (Å²) in [6.07, 6.45) is 6.68. The van der Waals surface area contributed by atoms with Crippen LogP contribution in [0.3, 0.4) is 0 Å². The van der Waals surface area contributed by atoms with Gasteiger partial charge in [-0.2, -0.15) is 0 Å². The summed E-state index contributed by atoms with van der Waals surface area (Å²) in [7, 11) is 0. The fraction of sp³-hybridized carbons (Fsp3) is 0.571. The smallest absolute Gasteiger partial charge is 0.120 e. The van der Waals surface area contributed by atoms with Crippen molar-refractivity contribution in [3.63, 3.8) is 0 Å². The Kier molecular flexibility index (Phi) is 4.69. The van der Waals surface area contributed by atoms with Crippen molar-refractivity contribution in [2.75, 3.05) is 6.61 Å². The molecule has 3 heteroatoms. The molecule has 0 saturated heterocycles. The van der Waals surface area contributed by atoms with Gasteiger partial charge in [-0.25, -0.2) is 0 Å². The number of halogens is 1. The number of nitrogens with two attached hydrogens (primary N) is 1. The molecule has 2 N–H and O–H groups in total. The summed E-state index contributed by atoms with van der Waals surface area (Å²) in [4.78, 5) is 0. The number of hydrogen-bond acceptors (Lipinski definition) is 2. The lowest BCUT2D eigenvalue weighted by Crippen LogP contribution is -2.15. The van der Waals surface area contributed by atoms with E-state index in [1.54, 1.807) is 0 Å². The van der Waals surface area contributed by atoms with Crippen LogP contribution < -0.4 is 10.5 Å². The van der Waals surface area contributed by atoms with Gasteiger partial charge in [0.15, 0.2) is 0 Å². The molecule has 1 saturated carbocycles. The molecule has 0 bridgehead atoms. The van der Waals surface area contributed by atoms with Crippen LogP contribution >= 0.6 is 11.6 Å². The Morgan fingerprint density at radius 2 is 2.00 bits per heavy atom. The zero-order chi connectivity index (χ0) is 12.1. The van der Waals surface area contributed by atoms with E-state index in [9.17, 15) is 0 Å². The largest absolute Gasteiger partial charge is 0.493 e. The molecule has 1 aliphatic carbocycles. The predicted molar refractivity (Wildman–Crippen MR) is 71.4 cm³/mol. The molecule has 0 atom stereocenters. The molecule has 0 unspecified atom stereocenters. The summed E-state index contributed by atoms with van der Waals surface area (Å²) in [5.74, 6) is 1.58. The van der Waals surface area contributed by atoms with Crippen LogP contribution in [0.15, 0.2) is 18.2 Å². The lowest BCUT2D eigenvalue weighted by atomic mass is 9.90. The van der Waals surface area contributed by atoms with Crippen LogP contribution in [0.1, 0.15) is 37.7 Å². The zero-order valence-corrected chi connectivity index (χ0v) is 10.9. The molecule has 17 heavy (non-hydrogen) atoms. The summed E-state index contributed by atoms with van der Waals surface area (Å²) in [5, 5.41) is 0.702. The third-order valence-corrected chi connectivity index (χ3v) is 3.81. The van der Waals surface area contributed by atoms with E-state index in [4.69, 9.17) is 22.1 Å². The molecule has 2 nitrogen and oxygen atoms in total. The van der Waals surface area contributed by atoms with Gasteiger partial charge in [-0.15, -0.1) is 0 Å². The molecule has 1 aromatic rings. The van der Waals surface area contributed by atoms with Gasteiger partial charge in [-0.1, -0.05) is 36.9 Å². The average Bonchev–Trinajstić information content (AvgIpc) is 2.38. The van der Waals surface area contributed by atoms with Crippen molar-refractivity contribution in [3.8, 4) is 5.75 Å². The van der Waals surface area contributed by atoms with E-state index in [2.05, 4.69) is 0 Å². The first-order valence-electron chi connectivity index (χ1n) is 6.41. The Hall–Kier alpha value is -0.730. The molecule has 0 aromatic heterocycles. The van der Waals surface area contributed by atoms with Gasteiger partial charge in [-0.3, -0.25) is 0 Å². The van der Waals surface area contributed by atoms with E-state index in [0.29, 0.717) is 11.6 Å². The van der Waals surface area contributed by atoms with Gasteiger partial charge in [0, 0.05) is 11.6 Å². The first-order valence-corrected chi connectivity index (χ1v) is 6.78. The first kappa shape index (κ1) is 12.7. The van der Waals surface area contributed by atoms with E-state index in [1.807, 2.05) is 18.2 Å². The van der Waals surface area contributed by atoms with Crippen molar-refractivity contribution in [1.82, 2.24) is 0 Å². The van der Waals surface area contributed by atoms with Gasteiger partial charge in [-0.05, 0) is 36.5 Å². The van der Waals surface area contributed by atoms with Crippen molar-refractivity contribution < 1.29 is 4.74 Å². The van der Waals surface area contributed by atoms with Crippen LogP contribution in [0, 0.1) is 5.92 Å². The molecular formula is C14H20ClNO. The predicted octanol–water partition coefficient (Wildman–Crippen LogP) is 3.76. The highest BCUT2D eigenvalue weighted by Gasteiger charge is 2.14. The minimum absolute atomic E-state index is 0.474. The van der Waals surface area contributed by atoms with Gasteiger partial charge < -0.3 is 10.5 Å². The van der Waals surface area contributed by atoms with Crippen LogP contribution in [-0.4, -0.2) is 6.61 Å². The van der Waals surface area contributed by atoms with Crippen LogP contribution in [0.2, 0.25) is 5.02 Å². The summed E-state index contributed by atoms with van der Waals surface area (Å²) in [6.45, 7) is 1.29. The molecule has 94 valence electrons. The van der Waals surface area contributed by atoms with Gasteiger partial charge in [0.05, 0.1) is 6.61 Å². The molecule has 1 aromatic carbocycles. The maximum Gasteiger partial charge on any atom is 0.120 e. The number of rotatable bonds is 4. The third kappa shape index (κ3) is 3.62.